The van der Waals surface area contributed by atoms with Gasteiger partial charge in [0.15, 0.2) is 0 Å². The van der Waals surface area contributed by atoms with Crippen molar-refractivity contribution in [2.75, 3.05) is 24.9 Å². The van der Waals surface area contributed by atoms with Gasteiger partial charge in [-0.2, -0.15) is 5.10 Å². The summed E-state index contributed by atoms with van der Waals surface area (Å²) in [6.07, 6.45) is 5.14. The molecule has 35 heavy (non-hydrogen) atoms. The first kappa shape index (κ1) is 24.0. The Hall–Kier alpha value is -4.11. The molecule has 1 amide bonds. The zero-order valence-electron chi connectivity index (χ0n) is 19.7. The van der Waals surface area contributed by atoms with Crippen molar-refractivity contribution in [2.24, 2.45) is 0 Å². The Morgan fingerprint density at radius 1 is 1.06 bits per heavy atom. The van der Waals surface area contributed by atoms with E-state index in [1.165, 1.54) is 13.3 Å². The van der Waals surface area contributed by atoms with E-state index in [1.54, 1.807) is 55.8 Å². The highest BCUT2D eigenvalue weighted by Gasteiger charge is 2.15. The molecule has 10 heteroatoms. The van der Waals surface area contributed by atoms with Gasteiger partial charge >= 0.3 is 0 Å². The molecule has 0 spiro atoms. The molecular formula is C25H25ClN6O3. The number of carbonyl (C=O) groups excluding carboxylic acids is 1. The highest BCUT2D eigenvalue weighted by Crippen LogP contribution is 2.31. The Morgan fingerprint density at radius 2 is 1.83 bits per heavy atom. The number of rotatable bonds is 8. The fourth-order valence-corrected chi connectivity index (χ4v) is 3.51. The number of anilines is 3. The summed E-state index contributed by atoms with van der Waals surface area (Å²) >= 11 is 6.35. The molecule has 0 unspecified atom stereocenters. The molecule has 180 valence electrons. The predicted octanol–water partition coefficient (Wildman–Crippen LogP) is 5.59. The first-order valence-corrected chi connectivity index (χ1v) is 11.2. The molecule has 0 fully saturated rings. The van der Waals surface area contributed by atoms with Crippen LogP contribution in [0, 0.1) is 0 Å². The van der Waals surface area contributed by atoms with Gasteiger partial charge in [0, 0.05) is 29.1 Å². The molecule has 0 aliphatic carbocycles. The molecule has 4 aromatic rings. The quantitative estimate of drug-likeness (QED) is 0.330. The van der Waals surface area contributed by atoms with Crippen LogP contribution < -0.4 is 20.1 Å². The van der Waals surface area contributed by atoms with E-state index >= 15 is 0 Å². The number of hydrogen-bond donors (Lipinski definition) is 2. The smallest absolute Gasteiger partial charge is 0.255 e. The van der Waals surface area contributed by atoms with Crippen molar-refractivity contribution in [3.05, 3.63) is 71.6 Å². The van der Waals surface area contributed by atoms with Gasteiger partial charge in [-0.25, -0.2) is 9.97 Å². The third-order valence-electron chi connectivity index (χ3n) is 5.21. The van der Waals surface area contributed by atoms with E-state index in [4.69, 9.17) is 21.1 Å². The summed E-state index contributed by atoms with van der Waals surface area (Å²) in [5.74, 6) is 1.23. The first-order chi connectivity index (χ1) is 16.9. The lowest BCUT2D eigenvalue weighted by molar-refractivity contribution is 0.102. The standard InChI is InChI=1S/C25H25ClN6O3/c1-15(2)32-14-17(12-28-32)23-20(26)13-27-25(31-23)30-21-10-5-16(11-22(21)35-4)24(33)29-18-6-8-19(34-3)9-7-18/h5-15H,1-4H3,(H,29,33)(H,27,30,31). The number of nitrogens with one attached hydrogen (secondary N) is 2. The number of methoxy groups -OCH3 is 2. The second-order valence-electron chi connectivity index (χ2n) is 7.92. The average molecular weight is 493 g/mol. The van der Waals surface area contributed by atoms with Crippen LogP contribution in [0.25, 0.3) is 11.3 Å². The number of nitrogens with zero attached hydrogens (tertiary/aromatic N) is 4. The Bertz CT molecular complexity index is 1340. The van der Waals surface area contributed by atoms with Gasteiger partial charge < -0.3 is 20.1 Å². The minimum Gasteiger partial charge on any atom is -0.497 e. The number of carbonyl (C=O) groups is 1. The van der Waals surface area contributed by atoms with E-state index in [-0.39, 0.29) is 11.9 Å². The topological polar surface area (TPSA) is 103 Å². The molecule has 9 nitrogen and oxygen atoms in total. The van der Waals surface area contributed by atoms with Crippen molar-refractivity contribution >= 4 is 34.8 Å². The highest BCUT2D eigenvalue weighted by molar-refractivity contribution is 6.32. The van der Waals surface area contributed by atoms with Crippen LogP contribution in [-0.4, -0.2) is 39.9 Å². The molecule has 2 aromatic heterocycles. The van der Waals surface area contributed by atoms with Gasteiger partial charge in [-0.3, -0.25) is 9.48 Å². The van der Waals surface area contributed by atoms with Crippen LogP contribution in [0.15, 0.2) is 61.1 Å². The molecule has 2 aromatic carbocycles. The normalized spacial score (nSPS) is 10.8. The van der Waals surface area contributed by atoms with Crippen molar-refractivity contribution in [3.8, 4) is 22.8 Å². The van der Waals surface area contributed by atoms with Crippen LogP contribution in [0.2, 0.25) is 5.02 Å². The highest BCUT2D eigenvalue weighted by atomic mass is 35.5. The summed E-state index contributed by atoms with van der Waals surface area (Å²) < 4.78 is 12.5. The Morgan fingerprint density at radius 3 is 2.49 bits per heavy atom. The lowest BCUT2D eigenvalue weighted by Gasteiger charge is -2.13. The van der Waals surface area contributed by atoms with E-state index in [0.29, 0.717) is 45.1 Å². The van der Waals surface area contributed by atoms with Gasteiger partial charge in [-0.15, -0.1) is 0 Å². The van der Waals surface area contributed by atoms with Crippen LogP contribution >= 0.6 is 11.6 Å². The Balaban J connectivity index is 1.54. The Labute approximate surface area is 208 Å². The number of ether oxygens (including phenoxy) is 2. The summed E-state index contributed by atoms with van der Waals surface area (Å²) in [6, 6.07) is 12.4. The Kier molecular flexibility index (Phi) is 7.17. The lowest BCUT2D eigenvalue weighted by atomic mass is 10.1. The maximum Gasteiger partial charge on any atom is 0.255 e. The molecule has 2 heterocycles. The minimum absolute atomic E-state index is 0.214. The molecular weight excluding hydrogens is 468 g/mol. The fraction of sp³-hybridized carbons (Fsp3) is 0.200. The van der Waals surface area contributed by atoms with Gasteiger partial charge in [-0.05, 0) is 56.3 Å². The van der Waals surface area contributed by atoms with Crippen molar-refractivity contribution in [1.29, 1.82) is 0 Å². The number of amides is 1. The maximum absolute atomic E-state index is 12.7. The summed E-state index contributed by atoms with van der Waals surface area (Å²) in [4.78, 5) is 21.6. The number of hydrogen-bond acceptors (Lipinski definition) is 7. The zero-order chi connectivity index (χ0) is 24.9. The van der Waals surface area contributed by atoms with Crippen molar-refractivity contribution in [2.45, 2.75) is 19.9 Å². The molecule has 0 atom stereocenters. The number of aromatic nitrogens is 4. The van der Waals surface area contributed by atoms with E-state index < -0.39 is 0 Å². The number of halogens is 1. The van der Waals surface area contributed by atoms with Crippen LogP contribution in [0.3, 0.4) is 0 Å². The van der Waals surface area contributed by atoms with Gasteiger partial charge in [0.1, 0.15) is 11.5 Å². The third kappa shape index (κ3) is 5.52. The molecule has 0 aliphatic heterocycles. The summed E-state index contributed by atoms with van der Waals surface area (Å²) in [5, 5.41) is 10.8. The van der Waals surface area contributed by atoms with Crippen molar-refractivity contribution in [1.82, 2.24) is 19.7 Å². The molecule has 0 bridgehead atoms. The predicted molar refractivity (Wildman–Crippen MR) is 136 cm³/mol. The van der Waals surface area contributed by atoms with E-state index in [9.17, 15) is 4.79 Å². The van der Waals surface area contributed by atoms with E-state index in [2.05, 4.69) is 25.7 Å². The molecule has 0 radical (unpaired) electrons. The molecule has 0 saturated carbocycles. The second-order valence-corrected chi connectivity index (χ2v) is 8.32. The molecule has 0 aliphatic rings. The van der Waals surface area contributed by atoms with E-state index in [1.807, 2.05) is 24.7 Å². The largest absolute Gasteiger partial charge is 0.497 e. The maximum atomic E-state index is 12.7. The summed E-state index contributed by atoms with van der Waals surface area (Å²) in [7, 11) is 3.12. The summed E-state index contributed by atoms with van der Waals surface area (Å²) in [6.45, 7) is 4.08. The molecule has 4 rings (SSSR count). The van der Waals surface area contributed by atoms with Crippen LogP contribution in [-0.2, 0) is 0 Å². The van der Waals surface area contributed by atoms with Crippen LogP contribution in [0.4, 0.5) is 17.3 Å². The lowest BCUT2D eigenvalue weighted by Crippen LogP contribution is -2.12. The minimum atomic E-state index is -0.271. The second kappa shape index (κ2) is 10.4. The van der Waals surface area contributed by atoms with Crippen LogP contribution in [0.5, 0.6) is 11.5 Å². The van der Waals surface area contributed by atoms with Gasteiger partial charge in [0.05, 0.1) is 43.0 Å². The van der Waals surface area contributed by atoms with Crippen molar-refractivity contribution < 1.29 is 14.3 Å². The zero-order valence-corrected chi connectivity index (χ0v) is 20.5. The van der Waals surface area contributed by atoms with Gasteiger partial charge in [0.2, 0.25) is 5.95 Å². The number of benzene rings is 2. The third-order valence-corrected chi connectivity index (χ3v) is 5.48. The van der Waals surface area contributed by atoms with Crippen molar-refractivity contribution in [3.63, 3.8) is 0 Å². The monoisotopic (exact) mass is 492 g/mol. The van der Waals surface area contributed by atoms with Gasteiger partial charge in [0.25, 0.3) is 5.91 Å². The SMILES string of the molecule is COc1ccc(NC(=O)c2ccc(Nc3ncc(Cl)c(-c4cnn(C(C)C)c4)n3)c(OC)c2)cc1. The summed E-state index contributed by atoms with van der Waals surface area (Å²) in [5.41, 5.74) is 3.03. The molecule has 0 saturated heterocycles. The van der Waals surface area contributed by atoms with E-state index in [0.717, 1.165) is 5.56 Å². The van der Waals surface area contributed by atoms with Gasteiger partial charge in [-0.1, -0.05) is 11.6 Å². The first-order valence-electron chi connectivity index (χ1n) is 10.9. The van der Waals surface area contributed by atoms with Crippen LogP contribution in [0.1, 0.15) is 30.2 Å². The molecule has 2 N–H and O–H groups in total. The average Bonchev–Trinajstić information content (AvgIpc) is 3.36. The fourth-order valence-electron chi connectivity index (χ4n) is 3.31.